The van der Waals surface area contributed by atoms with Crippen LogP contribution in [0.5, 0.6) is 0 Å². The average Bonchev–Trinajstić information content (AvgIpc) is 2.62. The van der Waals surface area contributed by atoms with Gasteiger partial charge in [0.15, 0.2) is 11.4 Å². The Balaban J connectivity index is 2.81. The van der Waals surface area contributed by atoms with E-state index in [0.717, 1.165) is 5.56 Å². The maximum absolute atomic E-state index is 12.0. The molecule has 0 aliphatic heterocycles. The first-order valence-corrected chi connectivity index (χ1v) is 5.29. The smallest absolute Gasteiger partial charge is 0.285 e. The molecule has 5 nitrogen and oxygen atoms in total. The topological polar surface area (TPSA) is 74.5 Å². The van der Waals surface area contributed by atoms with Gasteiger partial charge in [0.2, 0.25) is 0 Å². The van der Waals surface area contributed by atoms with E-state index >= 15 is 0 Å². The van der Waals surface area contributed by atoms with Gasteiger partial charge in [-0.1, -0.05) is 17.7 Å². The zero-order valence-corrected chi connectivity index (χ0v) is 10.0. The van der Waals surface area contributed by atoms with Gasteiger partial charge in [0.25, 0.3) is 0 Å². The van der Waals surface area contributed by atoms with Crippen LogP contribution in [0, 0.1) is 29.6 Å². The highest BCUT2D eigenvalue weighted by Gasteiger charge is 2.18. The molecule has 0 saturated carbocycles. The molecule has 1 aromatic heterocycles. The zero-order chi connectivity index (χ0) is 13.3. The van der Waals surface area contributed by atoms with Gasteiger partial charge in [0, 0.05) is 7.05 Å². The lowest BCUT2D eigenvalue weighted by atomic mass is 10.2. The quantitative estimate of drug-likeness (QED) is 0.749. The van der Waals surface area contributed by atoms with E-state index in [1.54, 1.807) is 12.1 Å². The first-order chi connectivity index (χ1) is 8.60. The number of aryl methyl sites for hydroxylation is 1. The molecule has 0 amide bonds. The lowest BCUT2D eigenvalue weighted by Crippen LogP contribution is -2.21. The van der Waals surface area contributed by atoms with Crippen molar-refractivity contribution in [3.8, 4) is 17.8 Å². The first kappa shape index (κ1) is 11.7. The Morgan fingerprint density at radius 1 is 1.06 bits per heavy atom. The summed E-state index contributed by atoms with van der Waals surface area (Å²) in [4.78, 5) is 12.0. The summed E-state index contributed by atoms with van der Waals surface area (Å²) in [6.07, 6.45) is 0. The molecule has 88 valence electrons. The molecule has 0 spiro atoms. The van der Waals surface area contributed by atoms with Gasteiger partial charge in [-0.2, -0.15) is 10.5 Å². The Labute approximate surface area is 104 Å². The summed E-state index contributed by atoms with van der Waals surface area (Å²) in [5, 5.41) is 18.1. The van der Waals surface area contributed by atoms with Crippen molar-refractivity contribution in [2.75, 3.05) is 0 Å². The molecular weight excluding hydrogens is 228 g/mol. The molecule has 0 aliphatic carbocycles. The fourth-order valence-electron chi connectivity index (χ4n) is 1.77. The molecule has 0 unspecified atom stereocenters. The van der Waals surface area contributed by atoms with Gasteiger partial charge < -0.3 is 0 Å². The summed E-state index contributed by atoms with van der Waals surface area (Å²) < 4.78 is 2.43. The van der Waals surface area contributed by atoms with Crippen LogP contribution < -0.4 is 5.69 Å². The summed E-state index contributed by atoms with van der Waals surface area (Å²) in [7, 11) is 1.48. The van der Waals surface area contributed by atoms with Gasteiger partial charge in [-0.15, -0.1) is 0 Å². The van der Waals surface area contributed by atoms with E-state index in [2.05, 4.69) is 0 Å². The Morgan fingerprint density at radius 2 is 1.61 bits per heavy atom. The minimum atomic E-state index is -0.396. The second-order valence-electron chi connectivity index (χ2n) is 3.93. The van der Waals surface area contributed by atoms with E-state index in [1.807, 2.05) is 31.2 Å². The van der Waals surface area contributed by atoms with Gasteiger partial charge in [-0.3, -0.25) is 9.13 Å². The fraction of sp³-hybridized carbons (Fsp3) is 0.154. The lowest BCUT2D eigenvalue weighted by molar-refractivity contribution is 0.815. The lowest BCUT2D eigenvalue weighted by Gasteiger charge is -2.02. The Morgan fingerprint density at radius 3 is 2.11 bits per heavy atom. The number of nitriles is 2. The molecule has 1 heterocycles. The Hall–Kier alpha value is -2.79. The maximum atomic E-state index is 12.0. The summed E-state index contributed by atoms with van der Waals surface area (Å²) in [5.41, 5.74) is 1.38. The summed E-state index contributed by atoms with van der Waals surface area (Å²) >= 11 is 0. The second kappa shape index (κ2) is 4.23. The van der Waals surface area contributed by atoms with Crippen molar-refractivity contribution in [2.45, 2.75) is 6.92 Å². The number of nitrogens with zero attached hydrogens (tertiary/aromatic N) is 4. The van der Waals surface area contributed by atoms with E-state index in [4.69, 9.17) is 10.5 Å². The van der Waals surface area contributed by atoms with E-state index in [-0.39, 0.29) is 11.4 Å². The molecule has 1 aromatic carbocycles. The molecule has 0 aliphatic rings. The van der Waals surface area contributed by atoms with Crippen molar-refractivity contribution < 1.29 is 0 Å². The molecular formula is C13H10N4O. The fourth-order valence-corrected chi connectivity index (χ4v) is 1.77. The predicted octanol–water partition coefficient (Wildman–Crippen LogP) is 1.23. The van der Waals surface area contributed by atoms with Crippen molar-refractivity contribution in [2.24, 2.45) is 7.05 Å². The number of hydrogen-bond donors (Lipinski definition) is 0. The maximum Gasteiger partial charge on any atom is 0.334 e. The van der Waals surface area contributed by atoms with E-state index < -0.39 is 5.69 Å². The number of hydrogen-bond acceptors (Lipinski definition) is 3. The molecule has 0 radical (unpaired) electrons. The molecule has 2 rings (SSSR count). The summed E-state index contributed by atoms with van der Waals surface area (Å²) in [6.45, 7) is 1.93. The highest BCUT2D eigenvalue weighted by Crippen LogP contribution is 2.13. The average molecular weight is 238 g/mol. The van der Waals surface area contributed by atoms with Gasteiger partial charge in [-0.05, 0) is 19.1 Å². The van der Waals surface area contributed by atoms with E-state index in [9.17, 15) is 4.79 Å². The molecule has 2 aromatic rings. The van der Waals surface area contributed by atoms with Crippen LogP contribution in [0.4, 0.5) is 0 Å². The van der Waals surface area contributed by atoms with Gasteiger partial charge >= 0.3 is 5.69 Å². The highest BCUT2D eigenvalue weighted by molar-refractivity contribution is 5.45. The number of benzene rings is 1. The van der Waals surface area contributed by atoms with Crippen LogP contribution in [-0.4, -0.2) is 9.13 Å². The predicted molar refractivity (Wildman–Crippen MR) is 65.2 cm³/mol. The van der Waals surface area contributed by atoms with Crippen LogP contribution in [0.1, 0.15) is 17.0 Å². The molecule has 0 fully saturated rings. The van der Waals surface area contributed by atoms with Crippen molar-refractivity contribution in [3.05, 3.63) is 51.7 Å². The third kappa shape index (κ3) is 1.59. The Bertz CT molecular complexity index is 736. The van der Waals surface area contributed by atoms with Crippen LogP contribution >= 0.6 is 0 Å². The SMILES string of the molecule is Cc1ccc(-n2c(C#N)c(C#N)n(C)c2=O)cc1. The molecule has 0 N–H and O–H groups in total. The van der Waals surface area contributed by atoms with Gasteiger partial charge in [-0.25, -0.2) is 4.79 Å². The van der Waals surface area contributed by atoms with E-state index in [1.165, 1.54) is 16.2 Å². The van der Waals surface area contributed by atoms with Gasteiger partial charge in [0.05, 0.1) is 5.69 Å². The number of imidazole rings is 1. The highest BCUT2D eigenvalue weighted by atomic mass is 16.1. The molecule has 5 heteroatoms. The minimum Gasteiger partial charge on any atom is -0.285 e. The molecule has 0 bridgehead atoms. The van der Waals surface area contributed by atoms with Crippen molar-refractivity contribution in [1.82, 2.24) is 9.13 Å². The number of rotatable bonds is 1. The molecule has 18 heavy (non-hydrogen) atoms. The van der Waals surface area contributed by atoms with Crippen LogP contribution in [0.2, 0.25) is 0 Å². The Kier molecular flexibility index (Phi) is 2.75. The van der Waals surface area contributed by atoms with Crippen molar-refractivity contribution >= 4 is 0 Å². The monoisotopic (exact) mass is 238 g/mol. The van der Waals surface area contributed by atoms with Crippen LogP contribution in [-0.2, 0) is 7.05 Å². The zero-order valence-electron chi connectivity index (χ0n) is 10.0. The summed E-state index contributed by atoms with van der Waals surface area (Å²) in [5.74, 6) is 0. The third-order valence-electron chi connectivity index (χ3n) is 2.77. The van der Waals surface area contributed by atoms with Crippen LogP contribution in [0.3, 0.4) is 0 Å². The van der Waals surface area contributed by atoms with Crippen molar-refractivity contribution in [1.29, 1.82) is 10.5 Å². The largest absolute Gasteiger partial charge is 0.334 e. The second-order valence-corrected chi connectivity index (χ2v) is 3.93. The summed E-state index contributed by atoms with van der Waals surface area (Å²) in [6, 6.07) is 11.0. The number of aromatic nitrogens is 2. The molecule has 0 atom stereocenters. The van der Waals surface area contributed by atoms with E-state index in [0.29, 0.717) is 5.69 Å². The first-order valence-electron chi connectivity index (χ1n) is 5.29. The van der Waals surface area contributed by atoms with Crippen LogP contribution in [0.15, 0.2) is 29.1 Å². The van der Waals surface area contributed by atoms with Crippen molar-refractivity contribution in [3.63, 3.8) is 0 Å². The van der Waals surface area contributed by atoms with Gasteiger partial charge in [0.1, 0.15) is 12.1 Å². The minimum absolute atomic E-state index is 0.0638. The molecule has 0 saturated heterocycles. The standard InChI is InChI=1S/C13H10N4O/c1-9-3-5-10(6-4-9)17-12(8-15)11(7-14)16(2)13(17)18/h3-6H,1-2H3. The van der Waals surface area contributed by atoms with Crippen LogP contribution in [0.25, 0.3) is 5.69 Å². The normalized spacial score (nSPS) is 9.78. The third-order valence-corrected chi connectivity index (χ3v) is 2.77.